The summed E-state index contributed by atoms with van der Waals surface area (Å²) in [7, 11) is 0. The number of anilines is 1. The van der Waals surface area contributed by atoms with Crippen molar-refractivity contribution < 1.29 is 9.53 Å². The van der Waals surface area contributed by atoms with E-state index in [1.165, 1.54) is 5.56 Å². The minimum Gasteiger partial charge on any atom is -0.462 e. The van der Waals surface area contributed by atoms with Gasteiger partial charge in [-0.3, -0.25) is 4.98 Å². The summed E-state index contributed by atoms with van der Waals surface area (Å²) in [5, 5.41) is 4.42. The lowest BCUT2D eigenvalue weighted by molar-refractivity contribution is 0.0527. The maximum absolute atomic E-state index is 12.4. The minimum atomic E-state index is -0.296. The lowest BCUT2D eigenvalue weighted by Gasteiger charge is -2.32. The molecule has 1 aromatic carbocycles. The van der Waals surface area contributed by atoms with E-state index in [4.69, 9.17) is 4.74 Å². The fourth-order valence-corrected chi connectivity index (χ4v) is 3.26. The van der Waals surface area contributed by atoms with Gasteiger partial charge >= 0.3 is 5.97 Å². The average Bonchev–Trinajstić information content (AvgIpc) is 2.54. The molecule has 2 heterocycles. The third-order valence-electron chi connectivity index (χ3n) is 4.21. The smallest absolute Gasteiger partial charge is 0.341 e. The monoisotopic (exact) mass is 313 g/mol. The van der Waals surface area contributed by atoms with Crippen molar-refractivity contribution in [2.75, 3.05) is 37.7 Å². The number of benzene rings is 1. The summed E-state index contributed by atoms with van der Waals surface area (Å²) < 4.78 is 5.25. The van der Waals surface area contributed by atoms with Crippen molar-refractivity contribution in [3.63, 3.8) is 0 Å². The molecule has 3 rings (SSSR count). The molecule has 0 atom stereocenters. The molecular formula is C18H23N3O2. The van der Waals surface area contributed by atoms with Crippen LogP contribution in [0.2, 0.25) is 0 Å². The minimum absolute atomic E-state index is 0.296. The lowest BCUT2D eigenvalue weighted by Crippen LogP contribution is -2.44. The zero-order chi connectivity index (χ0) is 16.4. The molecule has 122 valence electrons. The van der Waals surface area contributed by atoms with Crippen molar-refractivity contribution in [3.05, 3.63) is 35.0 Å². The van der Waals surface area contributed by atoms with Crippen LogP contribution in [0.1, 0.15) is 28.4 Å². The molecule has 0 saturated carbocycles. The second-order valence-electron chi connectivity index (χ2n) is 5.95. The van der Waals surface area contributed by atoms with Gasteiger partial charge in [-0.1, -0.05) is 6.07 Å². The highest BCUT2D eigenvalue weighted by Gasteiger charge is 2.23. The predicted molar refractivity (Wildman–Crippen MR) is 92.3 cm³/mol. The third kappa shape index (κ3) is 3.01. The Labute approximate surface area is 136 Å². The molecule has 1 aliphatic rings. The SMILES string of the molecule is CCOC(=O)c1cnc2cc(C)cc(C)c2c1N1CCNCC1. The van der Waals surface area contributed by atoms with E-state index in [1.807, 2.05) is 6.92 Å². The van der Waals surface area contributed by atoms with Crippen LogP contribution in [0.25, 0.3) is 10.9 Å². The van der Waals surface area contributed by atoms with Gasteiger partial charge in [0.15, 0.2) is 0 Å². The maximum Gasteiger partial charge on any atom is 0.341 e. The molecule has 0 spiro atoms. The molecule has 1 N–H and O–H groups in total. The summed E-state index contributed by atoms with van der Waals surface area (Å²) in [5.41, 5.74) is 4.79. The first-order valence-corrected chi connectivity index (χ1v) is 8.14. The van der Waals surface area contributed by atoms with Crippen LogP contribution in [0, 0.1) is 13.8 Å². The van der Waals surface area contributed by atoms with Crippen molar-refractivity contribution in [2.24, 2.45) is 0 Å². The largest absolute Gasteiger partial charge is 0.462 e. The molecular weight excluding hydrogens is 290 g/mol. The van der Waals surface area contributed by atoms with Crippen LogP contribution >= 0.6 is 0 Å². The molecule has 0 amide bonds. The third-order valence-corrected chi connectivity index (χ3v) is 4.21. The number of nitrogens with one attached hydrogen (secondary N) is 1. The van der Waals surface area contributed by atoms with Gasteiger partial charge in [-0.25, -0.2) is 4.79 Å². The summed E-state index contributed by atoms with van der Waals surface area (Å²) in [4.78, 5) is 19.2. The summed E-state index contributed by atoms with van der Waals surface area (Å²) in [6, 6.07) is 4.22. The van der Waals surface area contributed by atoms with Gasteiger partial charge in [-0.15, -0.1) is 0 Å². The number of hydrogen-bond acceptors (Lipinski definition) is 5. The highest BCUT2D eigenvalue weighted by atomic mass is 16.5. The van der Waals surface area contributed by atoms with Crippen LogP contribution < -0.4 is 10.2 Å². The van der Waals surface area contributed by atoms with Gasteiger partial charge in [-0.2, -0.15) is 0 Å². The average molecular weight is 313 g/mol. The topological polar surface area (TPSA) is 54.5 Å². The molecule has 5 nitrogen and oxygen atoms in total. The van der Waals surface area contributed by atoms with Crippen LogP contribution in [0.4, 0.5) is 5.69 Å². The van der Waals surface area contributed by atoms with E-state index in [9.17, 15) is 4.79 Å². The molecule has 23 heavy (non-hydrogen) atoms. The predicted octanol–water partition coefficient (Wildman–Crippen LogP) is 2.44. The molecule has 1 aliphatic heterocycles. The Balaban J connectivity index is 2.24. The van der Waals surface area contributed by atoms with Crippen LogP contribution in [-0.4, -0.2) is 43.7 Å². The standard InChI is InChI=1S/C18H23N3O2/c1-4-23-18(22)14-11-20-15-10-12(2)9-13(3)16(15)17(14)21-7-5-19-6-8-21/h9-11,19H,4-8H2,1-3H3. The maximum atomic E-state index is 12.4. The van der Waals surface area contributed by atoms with Crippen LogP contribution in [0.5, 0.6) is 0 Å². The van der Waals surface area contributed by atoms with Crippen molar-refractivity contribution in [1.29, 1.82) is 0 Å². The molecule has 2 aromatic rings. The number of hydrogen-bond donors (Lipinski definition) is 1. The van der Waals surface area contributed by atoms with Gasteiger partial charge < -0.3 is 15.0 Å². The molecule has 1 fully saturated rings. The Bertz CT molecular complexity index is 737. The fraction of sp³-hybridized carbons (Fsp3) is 0.444. The first-order valence-electron chi connectivity index (χ1n) is 8.14. The van der Waals surface area contributed by atoms with E-state index >= 15 is 0 Å². The van der Waals surface area contributed by atoms with Crippen molar-refractivity contribution >= 4 is 22.6 Å². The molecule has 5 heteroatoms. The second kappa shape index (κ2) is 6.54. The number of carbonyl (C=O) groups excluding carboxylic acids is 1. The first kappa shape index (κ1) is 15.7. The van der Waals surface area contributed by atoms with Gasteiger partial charge in [0.25, 0.3) is 0 Å². The number of aryl methyl sites for hydroxylation is 2. The van der Waals surface area contributed by atoms with E-state index < -0.39 is 0 Å². The van der Waals surface area contributed by atoms with Gasteiger partial charge in [0, 0.05) is 37.8 Å². The Kier molecular flexibility index (Phi) is 4.48. The van der Waals surface area contributed by atoms with Crippen molar-refractivity contribution in [1.82, 2.24) is 10.3 Å². The number of piperazine rings is 1. The van der Waals surface area contributed by atoms with E-state index in [2.05, 4.69) is 41.2 Å². The van der Waals surface area contributed by atoms with E-state index in [0.29, 0.717) is 12.2 Å². The Morgan fingerprint density at radius 1 is 1.30 bits per heavy atom. The summed E-state index contributed by atoms with van der Waals surface area (Å²) in [6.45, 7) is 9.91. The highest BCUT2D eigenvalue weighted by molar-refractivity contribution is 6.06. The number of esters is 1. The molecule has 1 aromatic heterocycles. The van der Waals surface area contributed by atoms with E-state index in [1.54, 1.807) is 6.20 Å². The van der Waals surface area contributed by atoms with Gasteiger partial charge in [-0.05, 0) is 38.0 Å². The van der Waals surface area contributed by atoms with Crippen molar-refractivity contribution in [2.45, 2.75) is 20.8 Å². The number of fused-ring (bicyclic) bond motifs is 1. The van der Waals surface area contributed by atoms with E-state index in [0.717, 1.165) is 48.3 Å². The quantitative estimate of drug-likeness (QED) is 0.882. The number of pyridine rings is 1. The highest BCUT2D eigenvalue weighted by Crippen LogP contribution is 2.33. The van der Waals surface area contributed by atoms with Crippen LogP contribution in [-0.2, 0) is 4.74 Å². The normalized spacial score (nSPS) is 15.0. The van der Waals surface area contributed by atoms with Crippen LogP contribution in [0.3, 0.4) is 0 Å². The Morgan fingerprint density at radius 3 is 2.74 bits per heavy atom. The zero-order valence-electron chi connectivity index (χ0n) is 14.0. The Hall–Kier alpha value is -2.14. The number of nitrogens with zero attached hydrogens (tertiary/aromatic N) is 2. The van der Waals surface area contributed by atoms with Gasteiger partial charge in [0.2, 0.25) is 0 Å². The number of carbonyl (C=O) groups is 1. The number of ether oxygens (including phenoxy) is 1. The molecule has 0 aliphatic carbocycles. The molecule has 0 unspecified atom stereocenters. The molecule has 1 saturated heterocycles. The summed E-state index contributed by atoms with van der Waals surface area (Å²) >= 11 is 0. The van der Waals surface area contributed by atoms with Gasteiger partial charge in [0.1, 0.15) is 5.56 Å². The number of rotatable bonds is 3. The van der Waals surface area contributed by atoms with E-state index in [-0.39, 0.29) is 5.97 Å². The number of aromatic nitrogens is 1. The summed E-state index contributed by atoms with van der Waals surface area (Å²) in [6.07, 6.45) is 1.66. The Morgan fingerprint density at radius 2 is 2.04 bits per heavy atom. The lowest BCUT2D eigenvalue weighted by atomic mass is 10.0. The second-order valence-corrected chi connectivity index (χ2v) is 5.95. The first-order chi connectivity index (χ1) is 11.1. The molecule has 0 radical (unpaired) electrons. The zero-order valence-corrected chi connectivity index (χ0v) is 14.0. The van der Waals surface area contributed by atoms with Crippen LogP contribution in [0.15, 0.2) is 18.3 Å². The fourth-order valence-electron chi connectivity index (χ4n) is 3.26. The van der Waals surface area contributed by atoms with Crippen molar-refractivity contribution in [3.8, 4) is 0 Å². The van der Waals surface area contributed by atoms with Gasteiger partial charge in [0.05, 0.1) is 17.8 Å². The summed E-state index contributed by atoms with van der Waals surface area (Å²) in [5.74, 6) is -0.296. The molecule has 0 bridgehead atoms.